The molecule has 1 aromatic carbocycles. The van der Waals surface area contributed by atoms with Crippen LogP contribution in [0.3, 0.4) is 0 Å². The topological polar surface area (TPSA) is 0 Å². The minimum Gasteiger partial charge on any atom is -0.103 e. The van der Waals surface area contributed by atoms with Gasteiger partial charge in [-0.1, -0.05) is 49.3 Å². The lowest BCUT2D eigenvalue weighted by atomic mass is 9.93. The zero-order valence-corrected chi connectivity index (χ0v) is 11.7. The molecule has 2 rings (SSSR count). The van der Waals surface area contributed by atoms with Crippen molar-refractivity contribution in [1.82, 2.24) is 0 Å². The SMILES string of the molecule is C=CC(CCC)CCC1=CCc2ccc(C)cc21. The van der Waals surface area contributed by atoms with Gasteiger partial charge in [0.2, 0.25) is 0 Å². The van der Waals surface area contributed by atoms with Crippen molar-refractivity contribution >= 4 is 5.57 Å². The summed E-state index contributed by atoms with van der Waals surface area (Å²) in [6, 6.07) is 6.85. The summed E-state index contributed by atoms with van der Waals surface area (Å²) in [4.78, 5) is 0. The molecule has 18 heavy (non-hydrogen) atoms. The summed E-state index contributed by atoms with van der Waals surface area (Å²) in [5.74, 6) is 0.685. The van der Waals surface area contributed by atoms with Gasteiger partial charge in [0.1, 0.15) is 0 Å². The Morgan fingerprint density at radius 1 is 1.33 bits per heavy atom. The van der Waals surface area contributed by atoms with Gasteiger partial charge in [-0.3, -0.25) is 0 Å². The summed E-state index contributed by atoms with van der Waals surface area (Å²) >= 11 is 0. The summed E-state index contributed by atoms with van der Waals surface area (Å²) in [7, 11) is 0. The second kappa shape index (κ2) is 6.04. The Morgan fingerprint density at radius 3 is 2.89 bits per heavy atom. The molecule has 1 aromatic rings. The molecule has 0 fully saturated rings. The monoisotopic (exact) mass is 240 g/mol. The van der Waals surface area contributed by atoms with Crippen molar-refractivity contribution in [3.63, 3.8) is 0 Å². The Balaban J connectivity index is 2.01. The normalized spacial score (nSPS) is 15.1. The second-order valence-corrected chi connectivity index (χ2v) is 5.42. The van der Waals surface area contributed by atoms with E-state index >= 15 is 0 Å². The fourth-order valence-corrected chi connectivity index (χ4v) is 2.84. The number of benzene rings is 1. The molecule has 0 saturated carbocycles. The van der Waals surface area contributed by atoms with Crippen molar-refractivity contribution in [3.05, 3.63) is 53.6 Å². The highest BCUT2D eigenvalue weighted by molar-refractivity contribution is 5.73. The number of aryl methyl sites for hydroxylation is 1. The van der Waals surface area contributed by atoms with E-state index in [1.807, 2.05) is 0 Å². The quantitative estimate of drug-likeness (QED) is 0.590. The molecule has 0 bridgehead atoms. The Labute approximate surface area is 111 Å². The molecule has 0 spiro atoms. The minimum atomic E-state index is 0.685. The van der Waals surface area contributed by atoms with Crippen molar-refractivity contribution in [2.24, 2.45) is 5.92 Å². The third kappa shape index (κ3) is 2.93. The highest BCUT2D eigenvalue weighted by atomic mass is 14.2. The number of allylic oxidation sites excluding steroid dienone is 3. The Hall–Kier alpha value is -1.30. The fourth-order valence-electron chi connectivity index (χ4n) is 2.84. The van der Waals surface area contributed by atoms with E-state index in [2.05, 4.69) is 50.8 Å². The first-order chi connectivity index (χ1) is 8.74. The van der Waals surface area contributed by atoms with Crippen LogP contribution in [0.5, 0.6) is 0 Å². The van der Waals surface area contributed by atoms with E-state index in [0.717, 1.165) is 6.42 Å². The van der Waals surface area contributed by atoms with E-state index in [9.17, 15) is 0 Å². The average molecular weight is 240 g/mol. The number of rotatable bonds is 6. The van der Waals surface area contributed by atoms with Crippen molar-refractivity contribution < 1.29 is 0 Å². The van der Waals surface area contributed by atoms with Crippen LogP contribution < -0.4 is 0 Å². The molecule has 0 heteroatoms. The summed E-state index contributed by atoms with van der Waals surface area (Å²) in [5.41, 5.74) is 5.92. The van der Waals surface area contributed by atoms with Crippen LogP contribution in [0.25, 0.3) is 5.57 Å². The van der Waals surface area contributed by atoms with E-state index in [1.165, 1.54) is 42.4 Å². The molecule has 1 atom stereocenters. The van der Waals surface area contributed by atoms with Crippen LogP contribution in [0.2, 0.25) is 0 Å². The molecule has 1 aliphatic rings. The molecule has 0 aromatic heterocycles. The maximum atomic E-state index is 3.96. The lowest BCUT2D eigenvalue weighted by Crippen LogP contribution is -1.96. The maximum Gasteiger partial charge on any atom is -0.00854 e. The molecular weight excluding hydrogens is 216 g/mol. The van der Waals surface area contributed by atoms with Gasteiger partial charge in [-0.15, -0.1) is 6.58 Å². The molecule has 0 N–H and O–H groups in total. The summed E-state index contributed by atoms with van der Waals surface area (Å²) in [6.45, 7) is 8.40. The molecule has 1 unspecified atom stereocenters. The molecule has 0 saturated heterocycles. The number of hydrogen-bond donors (Lipinski definition) is 0. The van der Waals surface area contributed by atoms with Crippen LogP contribution in [-0.2, 0) is 6.42 Å². The lowest BCUT2D eigenvalue weighted by molar-refractivity contribution is 0.546. The number of fused-ring (bicyclic) bond motifs is 1. The average Bonchev–Trinajstić information content (AvgIpc) is 2.77. The molecule has 0 amide bonds. The van der Waals surface area contributed by atoms with Crippen LogP contribution >= 0.6 is 0 Å². The standard InChI is InChI=1S/C18H24/c1-4-6-15(5-2)8-10-17-12-11-16-9-7-14(3)13-18(16)17/h5,7,9,12-13,15H,2,4,6,8,10-11H2,1,3H3. The van der Waals surface area contributed by atoms with Gasteiger partial charge < -0.3 is 0 Å². The van der Waals surface area contributed by atoms with Crippen LogP contribution in [0.15, 0.2) is 36.9 Å². The van der Waals surface area contributed by atoms with Gasteiger partial charge in [-0.25, -0.2) is 0 Å². The molecule has 96 valence electrons. The van der Waals surface area contributed by atoms with Crippen molar-refractivity contribution in [2.75, 3.05) is 0 Å². The third-order valence-corrected chi connectivity index (χ3v) is 3.96. The minimum absolute atomic E-state index is 0.685. The van der Waals surface area contributed by atoms with E-state index in [0.29, 0.717) is 5.92 Å². The van der Waals surface area contributed by atoms with Crippen LogP contribution in [-0.4, -0.2) is 0 Å². The maximum absolute atomic E-state index is 3.96. The Morgan fingerprint density at radius 2 is 2.17 bits per heavy atom. The molecule has 0 nitrogen and oxygen atoms in total. The Bertz CT molecular complexity index is 451. The zero-order valence-electron chi connectivity index (χ0n) is 11.7. The third-order valence-electron chi connectivity index (χ3n) is 3.96. The first kappa shape index (κ1) is 13.1. The van der Waals surface area contributed by atoms with Gasteiger partial charge in [-0.2, -0.15) is 0 Å². The highest BCUT2D eigenvalue weighted by Gasteiger charge is 2.14. The van der Waals surface area contributed by atoms with Crippen LogP contribution in [0.1, 0.15) is 49.3 Å². The first-order valence-corrected chi connectivity index (χ1v) is 7.16. The lowest BCUT2D eigenvalue weighted by Gasteiger charge is -2.12. The first-order valence-electron chi connectivity index (χ1n) is 7.16. The van der Waals surface area contributed by atoms with Crippen molar-refractivity contribution in [3.8, 4) is 0 Å². The van der Waals surface area contributed by atoms with E-state index in [1.54, 1.807) is 5.57 Å². The van der Waals surface area contributed by atoms with Crippen molar-refractivity contribution in [2.45, 2.75) is 46.0 Å². The van der Waals surface area contributed by atoms with Gasteiger partial charge in [0, 0.05) is 0 Å². The largest absolute Gasteiger partial charge is 0.103 e. The summed E-state index contributed by atoms with van der Waals surface area (Å²) < 4.78 is 0. The van der Waals surface area contributed by atoms with Gasteiger partial charge in [0.15, 0.2) is 0 Å². The van der Waals surface area contributed by atoms with E-state index in [4.69, 9.17) is 0 Å². The van der Waals surface area contributed by atoms with Gasteiger partial charge in [-0.05, 0) is 55.2 Å². The van der Waals surface area contributed by atoms with Crippen LogP contribution in [0.4, 0.5) is 0 Å². The predicted octanol–water partition coefficient (Wildman–Crippen LogP) is 5.32. The van der Waals surface area contributed by atoms with Crippen LogP contribution in [0, 0.1) is 12.8 Å². The molecule has 0 radical (unpaired) electrons. The van der Waals surface area contributed by atoms with Crippen molar-refractivity contribution in [1.29, 1.82) is 0 Å². The Kier molecular flexibility index (Phi) is 4.41. The number of hydrogen-bond acceptors (Lipinski definition) is 0. The van der Waals surface area contributed by atoms with Gasteiger partial charge >= 0.3 is 0 Å². The summed E-state index contributed by atoms with van der Waals surface area (Å²) in [6.07, 6.45) is 10.6. The van der Waals surface area contributed by atoms with Gasteiger partial charge in [0.25, 0.3) is 0 Å². The molecule has 0 heterocycles. The molecular formula is C18H24. The molecule has 1 aliphatic carbocycles. The molecule has 0 aliphatic heterocycles. The van der Waals surface area contributed by atoms with E-state index in [-0.39, 0.29) is 0 Å². The highest BCUT2D eigenvalue weighted by Crippen LogP contribution is 2.33. The summed E-state index contributed by atoms with van der Waals surface area (Å²) in [5, 5.41) is 0. The predicted molar refractivity (Wildman–Crippen MR) is 80.7 cm³/mol. The second-order valence-electron chi connectivity index (χ2n) is 5.42. The fraction of sp³-hybridized carbons (Fsp3) is 0.444. The zero-order chi connectivity index (χ0) is 13.0. The smallest absolute Gasteiger partial charge is 0.00854 e. The van der Waals surface area contributed by atoms with E-state index < -0.39 is 0 Å². The van der Waals surface area contributed by atoms with Gasteiger partial charge in [0.05, 0.1) is 0 Å².